The molecule has 0 rings (SSSR count). The summed E-state index contributed by atoms with van der Waals surface area (Å²) in [6.45, 7) is 22.8. The molecule has 0 aliphatic rings. The first-order valence-electron chi connectivity index (χ1n) is 12.6. The maximum Gasteiger partial charge on any atom is 0.408 e. The molecular weight excluding hydrogens is 584 g/mol. The number of thioether (sulfide) groups is 2. The van der Waals surface area contributed by atoms with Gasteiger partial charge in [-0.3, -0.25) is 0 Å². The van der Waals surface area contributed by atoms with Gasteiger partial charge in [-0.2, -0.15) is 23.5 Å². The molecule has 0 aliphatic carbocycles. The number of carboxylic acid groups (broad SMARTS) is 1. The van der Waals surface area contributed by atoms with Gasteiger partial charge in [-0.1, -0.05) is 41.5 Å². The van der Waals surface area contributed by atoms with Crippen LogP contribution in [0.25, 0.3) is 0 Å². The van der Waals surface area contributed by atoms with E-state index in [1.807, 2.05) is 41.5 Å². The van der Waals surface area contributed by atoms with Gasteiger partial charge in [0.05, 0.1) is 19.8 Å². The van der Waals surface area contributed by atoms with Crippen LogP contribution < -0.4 is 10.6 Å². The third-order valence-electron chi connectivity index (χ3n) is 3.49. The lowest BCUT2D eigenvalue weighted by molar-refractivity contribution is -0.138. The van der Waals surface area contributed by atoms with E-state index in [0.29, 0.717) is 11.5 Å². The quantitative estimate of drug-likeness (QED) is 0.186. The van der Waals surface area contributed by atoms with Crippen molar-refractivity contribution in [3.63, 3.8) is 0 Å². The van der Waals surface area contributed by atoms with Gasteiger partial charge in [-0.25, -0.2) is 19.2 Å². The van der Waals surface area contributed by atoms with Crippen molar-refractivity contribution >= 4 is 58.7 Å². The first kappa shape index (κ1) is 42.9. The number of aliphatic hydroxyl groups is 1. The van der Waals surface area contributed by atoms with Crippen molar-refractivity contribution < 1.29 is 43.6 Å². The number of amides is 2. The molecule has 40 heavy (non-hydrogen) atoms. The van der Waals surface area contributed by atoms with Crippen molar-refractivity contribution in [2.24, 2.45) is 0 Å². The summed E-state index contributed by atoms with van der Waals surface area (Å²) in [6, 6.07) is -1.21. The number of methoxy groups -OCH3 is 1. The molecular formula is C26H51ClN2O9S2. The largest absolute Gasteiger partial charge is 0.480 e. The fraction of sp³-hybridized carbons (Fsp3) is 0.846. The molecule has 0 aromatic carbocycles. The van der Waals surface area contributed by atoms with Crippen LogP contribution in [0.2, 0.25) is 0 Å². The Balaban J connectivity index is -0.000000586. The number of hydrogen-bond acceptors (Lipinski definition) is 10. The van der Waals surface area contributed by atoms with E-state index in [-0.39, 0.29) is 22.1 Å². The van der Waals surface area contributed by atoms with Gasteiger partial charge in [0.2, 0.25) is 0 Å². The number of carbonyl (C=O) groups excluding carboxylic acids is 3. The molecule has 0 saturated carbocycles. The summed E-state index contributed by atoms with van der Waals surface area (Å²) in [5.41, 5.74) is -1.92. The fourth-order valence-electron chi connectivity index (χ4n) is 1.92. The molecule has 0 radical (unpaired) electrons. The Labute approximate surface area is 253 Å². The Kier molecular flexibility index (Phi) is 20.9. The first-order valence-corrected chi connectivity index (χ1v) is 14.9. The smallest absolute Gasteiger partial charge is 0.408 e. The highest BCUT2D eigenvalue weighted by Crippen LogP contribution is 2.24. The third-order valence-corrected chi connectivity index (χ3v) is 6.45. The maximum atomic E-state index is 11.5. The van der Waals surface area contributed by atoms with E-state index in [1.54, 1.807) is 32.5 Å². The van der Waals surface area contributed by atoms with Gasteiger partial charge >= 0.3 is 23.6 Å². The van der Waals surface area contributed by atoms with E-state index in [9.17, 15) is 24.3 Å². The number of aliphatic hydroxyl groups excluding tert-OH is 1. The predicted molar refractivity (Wildman–Crippen MR) is 164 cm³/mol. The summed E-state index contributed by atoms with van der Waals surface area (Å²) in [4.78, 5) is 43.4. The zero-order valence-corrected chi connectivity index (χ0v) is 28.6. The number of ether oxygens (including phenoxy) is 3. The van der Waals surface area contributed by atoms with Gasteiger partial charge in [0.1, 0.15) is 17.2 Å². The summed E-state index contributed by atoms with van der Waals surface area (Å²) in [7, 11) is 1.22. The number of alkyl carbamates (subject to hydrolysis) is 2. The summed E-state index contributed by atoms with van der Waals surface area (Å²) in [6.07, 6.45) is -1.18. The average molecular weight is 635 g/mol. The minimum atomic E-state index is -1.06. The van der Waals surface area contributed by atoms with E-state index in [4.69, 9.17) is 14.6 Å². The Bertz CT molecular complexity index is 772. The lowest BCUT2D eigenvalue weighted by Crippen LogP contribution is -2.45. The minimum absolute atomic E-state index is 0.0523. The van der Waals surface area contributed by atoms with Gasteiger partial charge in [-0.15, -0.1) is 0 Å². The van der Waals surface area contributed by atoms with Crippen LogP contribution in [-0.4, -0.2) is 91.8 Å². The van der Waals surface area contributed by atoms with Crippen molar-refractivity contribution in [2.75, 3.05) is 25.2 Å². The van der Waals surface area contributed by atoms with Crippen molar-refractivity contribution in [1.29, 1.82) is 0 Å². The zero-order chi connectivity index (χ0) is 32.5. The van der Waals surface area contributed by atoms with E-state index in [0.717, 1.165) is 0 Å². The van der Waals surface area contributed by atoms with E-state index in [1.165, 1.54) is 18.9 Å². The molecule has 0 spiro atoms. The number of nitrogens with one attached hydrogen (secondary N) is 2. The normalized spacial score (nSPS) is 13.2. The molecule has 2 atom stereocenters. The third kappa shape index (κ3) is 34.5. The van der Waals surface area contributed by atoms with E-state index < -0.39 is 40.8 Å². The minimum Gasteiger partial charge on any atom is -0.480 e. The number of halogens is 1. The highest BCUT2D eigenvalue weighted by atomic mass is 35.5. The van der Waals surface area contributed by atoms with E-state index in [2.05, 4.69) is 47.7 Å². The zero-order valence-electron chi connectivity index (χ0n) is 26.2. The second-order valence-electron chi connectivity index (χ2n) is 12.4. The molecule has 0 bridgehead atoms. The Hall–Kier alpha value is -1.57. The summed E-state index contributed by atoms with van der Waals surface area (Å²) in [5, 5.41) is 23.2. The molecule has 11 nitrogen and oxygen atoms in total. The Morgan fingerprint density at radius 1 is 0.750 bits per heavy atom. The summed E-state index contributed by atoms with van der Waals surface area (Å²) < 4.78 is 14.1. The number of hydrogen-bond donors (Lipinski definition) is 4. The standard InChI is InChI=1S/C12H23NO4S.C12H25NO3S.C2H3ClO2/c1-11(2,3)17-10(16)13-8(9(14)15)7-18-12(4,5)6;1-11(2,3)16-10(15)13-9(7-14)8-17-12(4,5)6;1-5-2(3)4/h8H,7H2,1-6H3,(H,13,16)(H,14,15);9,14H,7-8H2,1-6H3,(H,13,15);1H3/t8-;9-;/m10./s1. The number of carbonyl (C=O) groups is 4. The number of rotatable bonds is 8. The van der Waals surface area contributed by atoms with Crippen molar-refractivity contribution in [2.45, 2.75) is 116 Å². The highest BCUT2D eigenvalue weighted by Gasteiger charge is 2.26. The molecule has 14 heteroatoms. The number of aliphatic carboxylic acids is 1. The second-order valence-corrected chi connectivity index (χ2v) is 16.4. The SMILES string of the molecule is CC(C)(C)OC(=O)N[C@@H](CO)CSC(C)(C)C.CC(C)(C)OC(=O)N[C@H](CSC(C)(C)C)C(=O)O.COC(=O)Cl. The van der Waals surface area contributed by atoms with Crippen LogP contribution in [-0.2, 0) is 19.0 Å². The predicted octanol–water partition coefficient (Wildman–Crippen LogP) is 5.89. The van der Waals surface area contributed by atoms with Crippen LogP contribution >= 0.6 is 35.1 Å². The molecule has 0 aromatic heterocycles. The topological polar surface area (TPSA) is 160 Å². The molecule has 4 N–H and O–H groups in total. The van der Waals surface area contributed by atoms with Gasteiger partial charge in [0.15, 0.2) is 0 Å². The van der Waals surface area contributed by atoms with Gasteiger partial charge in [-0.05, 0) is 41.5 Å². The van der Waals surface area contributed by atoms with Crippen LogP contribution in [0.4, 0.5) is 14.4 Å². The van der Waals surface area contributed by atoms with Crippen LogP contribution in [0.1, 0.15) is 83.1 Å². The Morgan fingerprint density at radius 2 is 1.10 bits per heavy atom. The van der Waals surface area contributed by atoms with Gasteiger partial charge in [0.25, 0.3) is 0 Å². The Morgan fingerprint density at radius 3 is 1.38 bits per heavy atom. The van der Waals surface area contributed by atoms with Gasteiger partial charge in [0, 0.05) is 32.6 Å². The lowest BCUT2D eigenvalue weighted by atomic mass is 10.2. The molecule has 0 aliphatic heterocycles. The average Bonchev–Trinajstić information content (AvgIpc) is 2.70. The molecule has 238 valence electrons. The molecule has 0 heterocycles. The molecule has 0 fully saturated rings. The van der Waals surface area contributed by atoms with Crippen molar-refractivity contribution in [1.82, 2.24) is 10.6 Å². The van der Waals surface area contributed by atoms with Crippen molar-refractivity contribution in [3.8, 4) is 0 Å². The number of carboxylic acids is 1. The van der Waals surface area contributed by atoms with Crippen LogP contribution in [0.3, 0.4) is 0 Å². The van der Waals surface area contributed by atoms with E-state index >= 15 is 0 Å². The van der Waals surface area contributed by atoms with Crippen LogP contribution in [0, 0.1) is 0 Å². The first-order chi connectivity index (χ1) is 17.7. The molecule has 0 aromatic rings. The summed E-state index contributed by atoms with van der Waals surface area (Å²) in [5.74, 6) is -0.0882. The lowest BCUT2D eigenvalue weighted by Gasteiger charge is -2.25. The fourth-order valence-corrected chi connectivity index (χ4v) is 3.71. The van der Waals surface area contributed by atoms with Crippen molar-refractivity contribution in [3.05, 3.63) is 0 Å². The monoisotopic (exact) mass is 634 g/mol. The maximum absolute atomic E-state index is 11.5. The molecule has 2 amide bonds. The highest BCUT2D eigenvalue weighted by molar-refractivity contribution is 8.00. The second kappa shape index (κ2) is 19.5. The van der Waals surface area contributed by atoms with Crippen LogP contribution in [0.15, 0.2) is 0 Å². The van der Waals surface area contributed by atoms with Crippen LogP contribution in [0.5, 0.6) is 0 Å². The van der Waals surface area contributed by atoms with Gasteiger partial charge < -0.3 is 35.1 Å². The molecule has 0 unspecified atom stereocenters. The summed E-state index contributed by atoms with van der Waals surface area (Å²) >= 11 is 7.78. The molecule has 0 saturated heterocycles.